The van der Waals surface area contributed by atoms with Gasteiger partial charge in [-0.25, -0.2) is 0 Å². The smallest absolute Gasteiger partial charge is 0.255 e. The third-order valence-electron chi connectivity index (χ3n) is 8.08. The molecule has 3 aliphatic rings. The molecule has 0 saturated heterocycles. The number of Topliss-reactive ketones (excluding diaryl/α,β-unsaturated/α-hetero) is 2. The average Bonchev–Trinajstić information content (AvgIpc) is 2.79. The standard InChI is InChI=1S/C28H36N2O7/c1-13(2)7-5-6-8-14-11-18(30(3)4)17-10-15-9-16-12-19(31)22(27(29)36)26(35)28(16,37)25(34)20(15)24(33)21(17)23(14)32/h11,13,15-16,32-33,35,37H,5-10,12H2,1-4H3,(H2,29,36)/t15-,16+,28+/m1/s1. The molecule has 3 aliphatic carbocycles. The summed E-state index contributed by atoms with van der Waals surface area (Å²) in [5, 5.41) is 44.8. The average molecular weight is 513 g/mol. The van der Waals surface area contributed by atoms with Gasteiger partial charge in [0, 0.05) is 37.7 Å². The maximum atomic E-state index is 13.7. The number of unbranched alkanes of at least 4 members (excludes halogenated alkanes) is 1. The number of phenols is 1. The Morgan fingerprint density at radius 3 is 2.43 bits per heavy atom. The van der Waals surface area contributed by atoms with Gasteiger partial charge in [-0.3, -0.25) is 14.4 Å². The summed E-state index contributed by atoms with van der Waals surface area (Å²) >= 11 is 0. The molecule has 6 N–H and O–H groups in total. The normalized spacial score (nSPS) is 25.2. The molecule has 0 aromatic heterocycles. The molecule has 200 valence electrons. The van der Waals surface area contributed by atoms with Gasteiger partial charge in [-0.2, -0.15) is 0 Å². The number of aliphatic hydroxyl groups excluding tert-OH is 2. The van der Waals surface area contributed by atoms with Crippen molar-refractivity contribution < 1.29 is 34.8 Å². The Labute approximate surface area is 216 Å². The monoisotopic (exact) mass is 512 g/mol. The Bertz CT molecular complexity index is 1240. The highest BCUT2D eigenvalue weighted by Crippen LogP contribution is 2.53. The van der Waals surface area contributed by atoms with E-state index in [-0.39, 0.29) is 29.7 Å². The molecule has 1 fully saturated rings. The molecule has 1 saturated carbocycles. The molecule has 4 rings (SSSR count). The van der Waals surface area contributed by atoms with Crippen LogP contribution in [0.2, 0.25) is 0 Å². The summed E-state index contributed by atoms with van der Waals surface area (Å²) in [4.78, 5) is 39.9. The molecular formula is C28H36N2O7. The number of nitrogens with zero attached hydrogens (tertiary/aromatic N) is 1. The number of ketones is 2. The molecule has 0 heterocycles. The number of carbonyl (C=O) groups is 3. The van der Waals surface area contributed by atoms with Gasteiger partial charge in [0.05, 0.1) is 5.56 Å². The first kappa shape index (κ1) is 26.7. The molecular weight excluding hydrogens is 476 g/mol. The van der Waals surface area contributed by atoms with E-state index >= 15 is 0 Å². The Balaban J connectivity index is 1.84. The molecule has 0 radical (unpaired) electrons. The number of primary amides is 1. The largest absolute Gasteiger partial charge is 0.508 e. The van der Waals surface area contributed by atoms with Crippen molar-refractivity contribution >= 4 is 28.9 Å². The lowest BCUT2D eigenvalue weighted by Gasteiger charge is -2.46. The topological polar surface area (TPSA) is 161 Å². The number of rotatable bonds is 7. The Kier molecular flexibility index (Phi) is 6.88. The number of anilines is 1. The van der Waals surface area contributed by atoms with Gasteiger partial charge in [0.1, 0.15) is 22.8 Å². The second-order valence-corrected chi connectivity index (χ2v) is 11.2. The summed E-state index contributed by atoms with van der Waals surface area (Å²) in [6.45, 7) is 4.31. The van der Waals surface area contributed by atoms with Gasteiger partial charge in [-0.15, -0.1) is 0 Å². The fourth-order valence-corrected chi connectivity index (χ4v) is 6.18. The first-order valence-electron chi connectivity index (χ1n) is 12.8. The number of fused-ring (bicyclic) bond motifs is 3. The van der Waals surface area contributed by atoms with E-state index in [2.05, 4.69) is 13.8 Å². The second kappa shape index (κ2) is 9.52. The predicted molar refractivity (Wildman–Crippen MR) is 138 cm³/mol. The van der Waals surface area contributed by atoms with E-state index in [0.29, 0.717) is 29.9 Å². The number of amides is 1. The van der Waals surface area contributed by atoms with Crippen LogP contribution in [0.15, 0.2) is 23.0 Å². The van der Waals surface area contributed by atoms with Crippen molar-refractivity contribution in [1.29, 1.82) is 0 Å². The number of carbonyl (C=O) groups excluding carboxylic acids is 3. The van der Waals surface area contributed by atoms with E-state index in [1.54, 1.807) is 0 Å². The maximum Gasteiger partial charge on any atom is 0.255 e. The van der Waals surface area contributed by atoms with Crippen LogP contribution in [0.5, 0.6) is 5.75 Å². The lowest BCUT2D eigenvalue weighted by Crippen LogP contribution is -2.58. The van der Waals surface area contributed by atoms with Crippen LogP contribution < -0.4 is 10.6 Å². The van der Waals surface area contributed by atoms with Gasteiger partial charge in [-0.05, 0) is 54.7 Å². The van der Waals surface area contributed by atoms with Gasteiger partial charge < -0.3 is 31.1 Å². The van der Waals surface area contributed by atoms with E-state index in [0.717, 1.165) is 24.9 Å². The molecule has 1 aromatic carbocycles. The van der Waals surface area contributed by atoms with E-state index in [1.165, 1.54) is 0 Å². The van der Waals surface area contributed by atoms with E-state index in [1.807, 2.05) is 25.1 Å². The zero-order valence-electron chi connectivity index (χ0n) is 21.8. The first-order valence-corrected chi connectivity index (χ1v) is 12.8. The van der Waals surface area contributed by atoms with Crippen LogP contribution >= 0.6 is 0 Å². The number of aromatic hydroxyl groups is 1. The van der Waals surface area contributed by atoms with Crippen molar-refractivity contribution in [3.05, 3.63) is 39.7 Å². The van der Waals surface area contributed by atoms with Crippen molar-refractivity contribution in [1.82, 2.24) is 0 Å². The third-order valence-corrected chi connectivity index (χ3v) is 8.08. The molecule has 3 atom stereocenters. The summed E-state index contributed by atoms with van der Waals surface area (Å²) in [5.74, 6) is -5.50. The minimum absolute atomic E-state index is 0.105. The van der Waals surface area contributed by atoms with Crippen LogP contribution in [0, 0.1) is 17.8 Å². The van der Waals surface area contributed by atoms with Crippen molar-refractivity contribution in [2.75, 3.05) is 19.0 Å². The SMILES string of the molecule is CC(C)CCCCc1cc(N(C)C)c2c(c1O)C(O)=C1C(=O)[C@]3(O)C(O)=C(C(N)=O)C(=O)C[C@@H]3C[C@@H]1C2. The van der Waals surface area contributed by atoms with Crippen molar-refractivity contribution in [3.8, 4) is 5.75 Å². The number of aliphatic hydroxyl groups is 3. The molecule has 0 aliphatic heterocycles. The van der Waals surface area contributed by atoms with Crippen LogP contribution in [-0.2, 0) is 27.2 Å². The van der Waals surface area contributed by atoms with E-state index in [4.69, 9.17) is 5.73 Å². The van der Waals surface area contributed by atoms with Gasteiger partial charge in [0.2, 0.25) is 5.78 Å². The van der Waals surface area contributed by atoms with Gasteiger partial charge in [0.25, 0.3) is 5.91 Å². The minimum Gasteiger partial charge on any atom is -0.508 e. The number of phenolic OH excluding ortho intramolecular Hbond substituents is 1. The van der Waals surface area contributed by atoms with Gasteiger partial charge in [-0.1, -0.05) is 26.7 Å². The lowest BCUT2D eigenvalue weighted by atomic mass is 9.59. The molecule has 9 heteroatoms. The number of benzene rings is 1. The van der Waals surface area contributed by atoms with Crippen molar-refractivity contribution in [2.45, 2.75) is 64.4 Å². The summed E-state index contributed by atoms with van der Waals surface area (Å²) in [6.07, 6.45) is 3.57. The number of hydrogen-bond donors (Lipinski definition) is 5. The third kappa shape index (κ3) is 4.19. The van der Waals surface area contributed by atoms with Crippen LogP contribution in [-0.4, -0.2) is 57.6 Å². The highest BCUT2D eigenvalue weighted by atomic mass is 16.3. The zero-order valence-corrected chi connectivity index (χ0v) is 21.8. The lowest BCUT2D eigenvalue weighted by molar-refractivity contribution is -0.147. The fraction of sp³-hybridized carbons (Fsp3) is 0.536. The molecule has 0 bridgehead atoms. The molecule has 0 unspecified atom stereocenters. The van der Waals surface area contributed by atoms with Crippen molar-refractivity contribution in [3.63, 3.8) is 0 Å². The highest BCUT2D eigenvalue weighted by molar-refractivity contribution is 6.22. The summed E-state index contributed by atoms with van der Waals surface area (Å²) in [7, 11) is 3.73. The Morgan fingerprint density at radius 1 is 1.16 bits per heavy atom. The number of aryl methyl sites for hydroxylation is 1. The number of nitrogens with two attached hydrogens (primary N) is 1. The van der Waals surface area contributed by atoms with Crippen molar-refractivity contribution in [2.24, 2.45) is 23.5 Å². The summed E-state index contributed by atoms with van der Waals surface area (Å²) in [6, 6.07) is 1.92. The predicted octanol–water partition coefficient (Wildman–Crippen LogP) is 2.86. The minimum atomic E-state index is -2.55. The van der Waals surface area contributed by atoms with Crippen LogP contribution in [0.25, 0.3) is 5.76 Å². The molecule has 0 spiro atoms. The molecule has 37 heavy (non-hydrogen) atoms. The maximum absolute atomic E-state index is 13.7. The quantitative estimate of drug-likeness (QED) is 0.275. The van der Waals surface area contributed by atoms with Gasteiger partial charge in [0.15, 0.2) is 11.4 Å². The summed E-state index contributed by atoms with van der Waals surface area (Å²) < 4.78 is 0. The second-order valence-electron chi connectivity index (χ2n) is 11.2. The molecule has 9 nitrogen and oxygen atoms in total. The Morgan fingerprint density at radius 2 is 1.84 bits per heavy atom. The zero-order chi connectivity index (χ0) is 27.4. The molecule has 1 aromatic rings. The van der Waals surface area contributed by atoms with Crippen LogP contribution in [0.3, 0.4) is 0 Å². The highest BCUT2D eigenvalue weighted by Gasteiger charge is 2.60. The molecule has 1 amide bonds. The van der Waals surface area contributed by atoms with Crippen LogP contribution in [0.1, 0.15) is 62.6 Å². The van der Waals surface area contributed by atoms with E-state index in [9.17, 15) is 34.8 Å². The first-order chi connectivity index (χ1) is 17.3. The Hall–Kier alpha value is -3.33. The summed E-state index contributed by atoms with van der Waals surface area (Å²) in [5.41, 5.74) is 4.08. The van der Waals surface area contributed by atoms with Crippen LogP contribution in [0.4, 0.5) is 5.69 Å². The van der Waals surface area contributed by atoms with Gasteiger partial charge >= 0.3 is 0 Å². The number of hydrogen-bond acceptors (Lipinski definition) is 8. The fourth-order valence-electron chi connectivity index (χ4n) is 6.18. The van der Waals surface area contributed by atoms with E-state index < -0.39 is 52.0 Å².